The summed E-state index contributed by atoms with van der Waals surface area (Å²) in [6.45, 7) is 0.535. The maximum absolute atomic E-state index is 12.5. The summed E-state index contributed by atoms with van der Waals surface area (Å²) in [4.78, 5) is 16.7. The number of amides is 1. The van der Waals surface area contributed by atoms with E-state index < -0.39 is 0 Å². The van der Waals surface area contributed by atoms with Gasteiger partial charge in [0.2, 0.25) is 5.91 Å². The second kappa shape index (κ2) is 8.63. The number of halogens is 1. The molecule has 0 saturated carbocycles. The van der Waals surface area contributed by atoms with Gasteiger partial charge in [-0.25, -0.2) is 4.98 Å². The van der Waals surface area contributed by atoms with E-state index in [0.717, 1.165) is 17.0 Å². The fourth-order valence-electron chi connectivity index (χ4n) is 2.93. The van der Waals surface area contributed by atoms with E-state index in [1.54, 1.807) is 4.68 Å². The summed E-state index contributed by atoms with van der Waals surface area (Å²) >= 11 is 6.01. The molecule has 6 heteroatoms. The van der Waals surface area contributed by atoms with Crippen LogP contribution in [0, 0.1) is 0 Å². The van der Waals surface area contributed by atoms with Crippen LogP contribution in [0.4, 0.5) is 0 Å². The lowest BCUT2D eigenvalue weighted by Gasteiger charge is -2.18. The molecule has 26 heavy (non-hydrogen) atoms. The average Bonchev–Trinajstić information content (AvgIpc) is 3.06. The molecule has 134 valence electrons. The van der Waals surface area contributed by atoms with Crippen LogP contribution in [0.2, 0.25) is 5.02 Å². The van der Waals surface area contributed by atoms with Gasteiger partial charge in [0.15, 0.2) is 0 Å². The van der Waals surface area contributed by atoms with Crippen LogP contribution < -0.4 is 5.32 Å². The molecule has 0 radical (unpaired) electrons. The Bertz CT molecular complexity index is 846. The fraction of sp³-hybridized carbons (Fsp3) is 0.250. The molecule has 1 amide bonds. The summed E-state index contributed by atoms with van der Waals surface area (Å²) in [5.41, 5.74) is 2.18. The van der Waals surface area contributed by atoms with Gasteiger partial charge in [-0.3, -0.25) is 9.48 Å². The Morgan fingerprint density at radius 3 is 2.46 bits per heavy atom. The maximum atomic E-state index is 12.5. The maximum Gasteiger partial charge on any atom is 0.220 e. The Labute approximate surface area is 158 Å². The number of aryl methyl sites for hydroxylation is 1. The van der Waals surface area contributed by atoms with Crippen molar-refractivity contribution in [3.8, 4) is 0 Å². The van der Waals surface area contributed by atoms with Gasteiger partial charge in [-0.1, -0.05) is 54.1 Å². The predicted molar refractivity (Wildman–Crippen MR) is 102 cm³/mol. The van der Waals surface area contributed by atoms with Gasteiger partial charge in [-0.2, -0.15) is 5.10 Å². The smallest absolute Gasteiger partial charge is 0.220 e. The number of benzene rings is 2. The molecule has 1 atom stereocenters. The van der Waals surface area contributed by atoms with Crippen molar-refractivity contribution in [2.75, 3.05) is 6.54 Å². The zero-order valence-electron chi connectivity index (χ0n) is 14.6. The first-order valence-corrected chi connectivity index (χ1v) is 8.91. The number of hydrogen-bond acceptors (Lipinski definition) is 3. The predicted octanol–water partition coefficient (Wildman–Crippen LogP) is 3.35. The van der Waals surface area contributed by atoms with E-state index in [9.17, 15) is 4.79 Å². The molecule has 0 spiro atoms. The van der Waals surface area contributed by atoms with Crippen molar-refractivity contribution in [1.82, 2.24) is 20.1 Å². The SMILES string of the molecule is Cn1ncnc1CCNC(=O)C[C@H](c1ccccc1)c1ccc(Cl)cc1. The first-order valence-electron chi connectivity index (χ1n) is 8.53. The van der Waals surface area contributed by atoms with E-state index in [-0.39, 0.29) is 11.8 Å². The second-order valence-electron chi connectivity index (χ2n) is 6.12. The highest BCUT2D eigenvalue weighted by Gasteiger charge is 2.18. The van der Waals surface area contributed by atoms with Crippen LogP contribution >= 0.6 is 11.6 Å². The van der Waals surface area contributed by atoms with Crippen molar-refractivity contribution < 1.29 is 4.79 Å². The molecular formula is C20H21ClN4O. The van der Waals surface area contributed by atoms with Gasteiger partial charge in [0.05, 0.1) is 0 Å². The van der Waals surface area contributed by atoms with E-state index >= 15 is 0 Å². The normalized spacial score (nSPS) is 11.9. The van der Waals surface area contributed by atoms with Crippen molar-refractivity contribution in [2.45, 2.75) is 18.8 Å². The third-order valence-corrected chi connectivity index (χ3v) is 4.59. The molecule has 3 rings (SSSR count). The van der Waals surface area contributed by atoms with Crippen LogP contribution in [-0.4, -0.2) is 27.2 Å². The largest absolute Gasteiger partial charge is 0.356 e. The van der Waals surface area contributed by atoms with Gasteiger partial charge < -0.3 is 5.32 Å². The molecule has 1 heterocycles. The van der Waals surface area contributed by atoms with Crippen molar-refractivity contribution in [2.24, 2.45) is 7.05 Å². The monoisotopic (exact) mass is 368 g/mol. The van der Waals surface area contributed by atoms with Crippen LogP contribution in [0.15, 0.2) is 60.9 Å². The van der Waals surface area contributed by atoms with Crippen LogP contribution in [0.1, 0.15) is 29.3 Å². The summed E-state index contributed by atoms with van der Waals surface area (Å²) in [6.07, 6.45) is 2.55. The molecule has 5 nitrogen and oxygen atoms in total. The van der Waals surface area contributed by atoms with Crippen LogP contribution in [0.25, 0.3) is 0 Å². The summed E-state index contributed by atoms with van der Waals surface area (Å²) in [6, 6.07) is 17.7. The molecule has 0 unspecified atom stereocenters. The molecule has 2 aromatic carbocycles. The quantitative estimate of drug-likeness (QED) is 0.695. The Morgan fingerprint density at radius 2 is 1.81 bits per heavy atom. The van der Waals surface area contributed by atoms with Crippen LogP contribution in [-0.2, 0) is 18.3 Å². The van der Waals surface area contributed by atoms with E-state index in [2.05, 4.69) is 15.4 Å². The molecule has 0 fully saturated rings. The summed E-state index contributed by atoms with van der Waals surface area (Å²) in [5.74, 6) is 0.849. The minimum absolute atomic E-state index is 0.0102. The number of nitrogens with one attached hydrogen (secondary N) is 1. The van der Waals surface area contributed by atoms with Gasteiger partial charge in [0.25, 0.3) is 0 Å². The van der Waals surface area contributed by atoms with Crippen LogP contribution in [0.5, 0.6) is 0 Å². The number of rotatable bonds is 7. The summed E-state index contributed by atoms with van der Waals surface area (Å²) < 4.78 is 1.71. The number of carbonyl (C=O) groups is 1. The van der Waals surface area contributed by atoms with Gasteiger partial charge in [-0.05, 0) is 23.3 Å². The van der Waals surface area contributed by atoms with E-state index in [0.29, 0.717) is 24.4 Å². The molecule has 0 aliphatic carbocycles. The minimum atomic E-state index is -0.0108. The molecule has 0 bridgehead atoms. The number of aromatic nitrogens is 3. The molecule has 1 N–H and O–H groups in total. The molecule has 0 saturated heterocycles. The van der Waals surface area contributed by atoms with E-state index in [1.165, 1.54) is 6.33 Å². The first-order chi connectivity index (χ1) is 12.6. The van der Waals surface area contributed by atoms with Crippen molar-refractivity contribution in [3.63, 3.8) is 0 Å². The highest BCUT2D eigenvalue weighted by atomic mass is 35.5. The molecule has 0 aliphatic heterocycles. The number of hydrogen-bond donors (Lipinski definition) is 1. The zero-order valence-corrected chi connectivity index (χ0v) is 15.4. The van der Waals surface area contributed by atoms with E-state index in [4.69, 9.17) is 11.6 Å². The van der Waals surface area contributed by atoms with Gasteiger partial charge in [-0.15, -0.1) is 0 Å². The van der Waals surface area contributed by atoms with Crippen molar-refractivity contribution in [3.05, 3.63) is 82.9 Å². The minimum Gasteiger partial charge on any atom is -0.356 e. The van der Waals surface area contributed by atoms with Crippen LogP contribution in [0.3, 0.4) is 0 Å². The fourth-order valence-corrected chi connectivity index (χ4v) is 3.05. The standard InChI is InChI=1S/C20H21ClN4O/c1-25-19(23-14-24-25)11-12-22-20(26)13-18(15-5-3-2-4-6-15)16-7-9-17(21)10-8-16/h2-10,14,18H,11-13H2,1H3,(H,22,26)/t18-/m1/s1. The molecule has 3 aromatic rings. The molecular weight excluding hydrogens is 348 g/mol. The third kappa shape index (κ3) is 4.70. The highest BCUT2D eigenvalue weighted by Crippen LogP contribution is 2.28. The lowest BCUT2D eigenvalue weighted by atomic mass is 9.88. The molecule has 1 aromatic heterocycles. The molecule has 0 aliphatic rings. The third-order valence-electron chi connectivity index (χ3n) is 4.34. The van der Waals surface area contributed by atoms with Crippen molar-refractivity contribution in [1.29, 1.82) is 0 Å². The Kier molecular flexibility index (Phi) is 6.02. The van der Waals surface area contributed by atoms with Gasteiger partial charge in [0, 0.05) is 37.4 Å². The van der Waals surface area contributed by atoms with Crippen molar-refractivity contribution >= 4 is 17.5 Å². The first kappa shape index (κ1) is 18.1. The number of carbonyl (C=O) groups excluding carboxylic acids is 1. The second-order valence-corrected chi connectivity index (χ2v) is 6.56. The highest BCUT2D eigenvalue weighted by molar-refractivity contribution is 6.30. The average molecular weight is 369 g/mol. The summed E-state index contributed by atoms with van der Waals surface area (Å²) in [7, 11) is 1.84. The Hall–Kier alpha value is -2.66. The zero-order chi connectivity index (χ0) is 18.4. The van der Waals surface area contributed by atoms with Gasteiger partial charge >= 0.3 is 0 Å². The van der Waals surface area contributed by atoms with E-state index in [1.807, 2.05) is 61.6 Å². The lowest BCUT2D eigenvalue weighted by Crippen LogP contribution is -2.28. The number of nitrogens with zero attached hydrogens (tertiary/aromatic N) is 3. The summed E-state index contributed by atoms with van der Waals surface area (Å²) in [5, 5.41) is 7.70. The Balaban J connectivity index is 1.66. The Morgan fingerprint density at radius 1 is 1.12 bits per heavy atom. The topological polar surface area (TPSA) is 59.8 Å². The van der Waals surface area contributed by atoms with Gasteiger partial charge in [0.1, 0.15) is 12.2 Å². The lowest BCUT2D eigenvalue weighted by molar-refractivity contribution is -0.121.